The molecule has 1 heterocycles. The van der Waals surface area contributed by atoms with Gasteiger partial charge in [0.1, 0.15) is 11.4 Å². The summed E-state index contributed by atoms with van der Waals surface area (Å²) in [6.45, 7) is 7.40. The van der Waals surface area contributed by atoms with Gasteiger partial charge in [-0.2, -0.15) is 0 Å². The minimum absolute atomic E-state index is 0.0694. The molecule has 0 saturated heterocycles. The van der Waals surface area contributed by atoms with Gasteiger partial charge in [-0.3, -0.25) is 14.5 Å². The van der Waals surface area contributed by atoms with Crippen molar-refractivity contribution in [2.75, 3.05) is 13.4 Å². The number of thioether (sulfide) groups is 1. The van der Waals surface area contributed by atoms with E-state index in [1.807, 2.05) is 36.6 Å². The van der Waals surface area contributed by atoms with Gasteiger partial charge in [-0.1, -0.05) is 37.4 Å². The minimum Gasteiger partial charge on any atom is -0.464 e. The quantitative estimate of drug-likeness (QED) is 0.451. The molecule has 7 heteroatoms. The van der Waals surface area contributed by atoms with Crippen molar-refractivity contribution < 1.29 is 19.1 Å². The zero-order valence-corrected chi connectivity index (χ0v) is 17.0. The smallest absolute Gasteiger partial charge is 0.353 e. The Kier molecular flexibility index (Phi) is 5.89. The lowest BCUT2D eigenvalue weighted by molar-refractivity contribution is -0.137. The number of hydrogen-bond donors (Lipinski definition) is 1. The van der Waals surface area contributed by atoms with E-state index in [2.05, 4.69) is 29.3 Å². The van der Waals surface area contributed by atoms with E-state index in [0.717, 1.165) is 21.6 Å². The van der Waals surface area contributed by atoms with Gasteiger partial charge in [0.15, 0.2) is 0 Å². The SMILES string of the molecule is C=C(NC(=O)C(=C)N1Cc2c(cccc2-c2cccc(SC)c2)C1=O)C(=O)OC. The van der Waals surface area contributed by atoms with Gasteiger partial charge in [0.05, 0.1) is 13.7 Å². The first-order chi connectivity index (χ1) is 13.9. The molecule has 0 saturated carbocycles. The topological polar surface area (TPSA) is 75.7 Å². The Hall–Kier alpha value is -3.32. The number of fused-ring (bicyclic) bond motifs is 1. The van der Waals surface area contributed by atoms with Crippen LogP contribution in [0.5, 0.6) is 0 Å². The van der Waals surface area contributed by atoms with Crippen molar-refractivity contribution in [1.29, 1.82) is 0 Å². The number of amides is 2. The van der Waals surface area contributed by atoms with Gasteiger partial charge in [0.25, 0.3) is 11.8 Å². The summed E-state index contributed by atoms with van der Waals surface area (Å²) in [6, 6.07) is 13.6. The van der Waals surface area contributed by atoms with Crippen LogP contribution >= 0.6 is 11.8 Å². The van der Waals surface area contributed by atoms with Crippen molar-refractivity contribution in [3.63, 3.8) is 0 Å². The largest absolute Gasteiger partial charge is 0.464 e. The first-order valence-electron chi connectivity index (χ1n) is 8.73. The summed E-state index contributed by atoms with van der Waals surface area (Å²) in [6.07, 6.45) is 2.00. The summed E-state index contributed by atoms with van der Waals surface area (Å²) in [4.78, 5) is 39.2. The van der Waals surface area contributed by atoms with Gasteiger partial charge in [-0.15, -0.1) is 11.8 Å². The summed E-state index contributed by atoms with van der Waals surface area (Å²) in [5.41, 5.74) is 2.99. The third kappa shape index (κ3) is 3.95. The van der Waals surface area contributed by atoms with Crippen molar-refractivity contribution in [3.05, 3.63) is 78.1 Å². The number of nitrogens with one attached hydrogen (secondary N) is 1. The Morgan fingerprint density at radius 1 is 1.14 bits per heavy atom. The van der Waals surface area contributed by atoms with Crippen molar-refractivity contribution in [2.45, 2.75) is 11.4 Å². The van der Waals surface area contributed by atoms with Gasteiger partial charge < -0.3 is 10.1 Å². The fourth-order valence-electron chi connectivity index (χ4n) is 3.12. The highest BCUT2D eigenvalue weighted by Crippen LogP contribution is 2.35. The molecule has 1 aliphatic heterocycles. The molecule has 1 aliphatic rings. The fraction of sp³-hybridized carbons (Fsp3) is 0.136. The number of ether oxygens (including phenoxy) is 1. The molecule has 2 aromatic rings. The van der Waals surface area contributed by atoms with Crippen LogP contribution in [0.2, 0.25) is 0 Å². The Morgan fingerprint density at radius 3 is 2.52 bits per heavy atom. The molecule has 0 bridgehead atoms. The molecule has 0 aliphatic carbocycles. The number of hydrogen-bond acceptors (Lipinski definition) is 5. The van der Waals surface area contributed by atoms with Gasteiger partial charge in [0.2, 0.25) is 0 Å². The highest BCUT2D eigenvalue weighted by molar-refractivity contribution is 7.98. The van der Waals surface area contributed by atoms with Crippen molar-refractivity contribution in [1.82, 2.24) is 10.2 Å². The maximum absolute atomic E-state index is 12.9. The molecular formula is C22H20N2O4S. The zero-order chi connectivity index (χ0) is 21.1. The van der Waals surface area contributed by atoms with Crippen LogP contribution in [0.3, 0.4) is 0 Å². The van der Waals surface area contributed by atoms with Gasteiger partial charge >= 0.3 is 5.97 Å². The lowest BCUT2D eigenvalue weighted by Crippen LogP contribution is -2.36. The summed E-state index contributed by atoms with van der Waals surface area (Å²) in [5, 5.41) is 2.31. The molecule has 0 fully saturated rings. The summed E-state index contributed by atoms with van der Waals surface area (Å²) < 4.78 is 4.51. The van der Waals surface area contributed by atoms with Crippen LogP contribution in [0.1, 0.15) is 15.9 Å². The van der Waals surface area contributed by atoms with Crippen LogP contribution in [0.25, 0.3) is 11.1 Å². The van der Waals surface area contributed by atoms with Crippen LogP contribution < -0.4 is 5.32 Å². The molecule has 0 atom stereocenters. The lowest BCUT2D eigenvalue weighted by Gasteiger charge is -2.18. The lowest BCUT2D eigenvalue weighted by atomic mass is 9.97. The number of carbonyl (C=O) groups excluding carboxylic acids is 3. The van der Waals surface area contributed by atoms with E-state index in [-0.39, 0.29) is 23.8 Å². The number of nitrogens with zero attached hydrogens (tertiary/aromatic N) is 1. The molecule has 2 amide bonds. The zero-order valence-electron chi connectivity index (χ0n) is 16.2. The van der Waals surface area contributed by atoms with E-state index < -0.39 is 11.9 Å². The monoisotopic (exact) mass is 408 g/mol. The van der Waals surface area contributed by atoms with Crippen molar-refractivity contribution >= 4 is 29.5 Å². The van der Waals surface area contributed by atoms with Crippen LogP contribution in [-0.2, 0) is 20.9 Å². The third-order valence-electron chi connectivity index (χ3n) is 4.63. The standard InChI is InChI=1S/C22H20N2O4S/c1-13(22(27)28-3)23-20(25)14(2)24-12-19-17(9-6-10-18(19)21(24)26)15-7-5-8-16(11-15)29-4/h5-11H,1-2,12H2,3-4H3,(H,23,25). The maximum atomic E-state index is 12.9. The van der Waals surface area contributed by atoms with E-state index in [4.69, 9.17) is 0 Å². The fourth-order valence-corrected chi connectivity index (χ4v) is 3.58. The summed E-state index contributed by atoms with van der Waals surface area (Å²) >= 11 is 1.64. The molecule has 3 rings (SSSR count). The van der Waals surface area contributed by atoms with E-state index in [9.17, 15) is 14.4 Å². The number of rotatable bonds is 6. The molecule has 148 valence electrons. The Balaban J connectivity index is 1.87. The highest BCUT2D eigenvalue weighted by atomic mass is 32.2. The third-order valence-corrected chi connectivity index (χ3v) is 5.36. The second-order valence-electron chi connectivity index (χ2n) is 6.33. The number of carbonyl (C=O) groups is 3. The summed E-state index contributed by atoms with van der Waals surface area (Å²) in [5.74, 6) is -1.77. The van der Waals surface area contributed by atoms with E-state index in [1.165, 1.54) is 12.0 Å². The van der Waals surface area contributed by atoms with Crippen LogP contribution in [0, 0.1) is 0 Å². The molecule has 0 unspecified atom stereocenters. The Morgan fingerprint density at radius 2 is 1.83 bits per heavy atom. The van der Waals surface area contributed by atoms with Crippen molar-refractivity contribution in [2.24, 2.45) is 0 Å². The second kappa shape index (κ2) is 8.36. The molecule has 0 radical (unpaired) electrons. The average molecular weight is 408 g/mol. The highest BCUT2D eigenvalue weighted by Gasteiger charge is 2.33. The summed E-state index contributed by atoms with van der Waals surface area (Å²) in [7, 11) is 1.18. The first-order valence-corrected chi connectivity index (χ1v) is 9.95. The van der Waals surface area contributed by atoms with E-state index >= 15 is 0 Å². The second-order valence-corrected chi connectivity index (χ2v) is 7.21. The maximum Gasteiger partial charge on any atom is 0.353 e. The van der Waals surface area contributed by atoms with Crippen LogP contribution in [0.4, 0.5) is 0 Å². The molecule has 29 heavy (non-hydrogen) atoms. The normalized spacial score (nSPS) is 12.3. The van der Waals surface area contributed by atoms with Gasteiger partial charge in [-0.05, 0) is 41.1 Å². The minimum atomic E-state index is -0.766. The van der Waals surface area contributed by atoms with Crippen LogP contribution in [0.15, 0.2) is 71.9 Å². The predicted octanol–water partition coefficient (Wildman–Crippen LogP) is 3.35. The average Bonchev–Trinajstić information content (AvgIpc) is 3.09. The van der Waals surface area contributed by atoms with E-state index in [1.54, 1.807) is 17.8 Å². The molecule has 0 spiro atoms. The molecular weight excluding hydrogens is 388 g/mol. The van der Waals surface area contributed by atoms with Gasteiger partial charge in [-0.25, -0.2) is 4.79 Å². The number of esters is 1. The van der Waals surface area contributed by atoms with Crippen LogP contribution in [-0.4, -0.2) is 36.0 Å². The molecule has 1 N–H and O–H groups in total. The number of benzene rings is 2. The molecule has 0 aromatic heterocycles. The van der Waals surface area contributed by atoms with Crippen molar-refractivity contribution in [3.8, 4) is 11.1 Å². The Bertz CT molecular complexity index is 1040. The Labute approximate surface area is 173 Å². The predicted molar refractivity (Wildman–Crippen MR) is 112 cm³/mol. The molecule has 2 aromatic carbocycles. The molecule has 6 nitrogen and oxygen atoms in total. The number of methoxy groups -OCH3 is 1. The van der Waals surface area contributed by atoms with Gasteiger partial charge in [0, 0.05) is 10.5 Å². The van der Waals surface area contributed by atoms with E-state index in [0.29, 0.717) is 5.56 Å². The first kappa shape index (κ1) is 20.4.